The molecule has 2 unspecified atom stereocenters. The fourth-order valence-electron chi connectivity index (χ4n) is 3.45. The van der Waals surface area contributed by atoms with Crippen LogP contribution in [0.25, 0.3) is 0 Å². The Balaban J connectivity index is 1.90. The molecule has 9 heteroatoms. The van der Waals surface area contributed by atoms with Gasteiger partial charge in [-0.2, -0.15) is 13.2 Å². The normalized spacial score (nSPS) is 17.4. The largest absolute Gasteiger partial charge is 0.419 e. The van der Waals surface area contributed by atoms with Crippen molar-refractivity contribution in [3.63, 3.8) is 0 Å². The predicted octanol–water partition coefficient (Wildman–Crippen LogP) is 4.00. The summed E-state index contributed by atoms with van der Waals surface area (Å²) in [7, 11) is 0. The van der Waals surface area contributed by atoms with Crippen molar-refractivity contribution in [2.75, 3.05) is 26.2 Å². The summed E-state index contributed by atoms with van der Waals surface area (Å²) >= 11 is 5.93. The molecule has 4 nitrogen and oxygen atoms in total. The SMILES string of the molecule is CC(C(=O)NC(c1ccc(Cl)cc1)c1ccc(C(F)(F)F)c(F)c1)N1CCNCC1. The monoisotopic (exact) mass is 443 g/mol. The topological polar surface area (TPSA) is 44.4 Å². The molecule has 1 aliphatic heterocycles. The van der Waals surface area contributed by atoms with E-state index in [9.17, 15) is 22.4 Å². The second-order valence-corrected chi connectivity index (χ2v) is 7.63. The third kappa shape index (κ3) is 5.30. The van der Waals surface area contributed by atoms with Crippen molar-refractivity contribution in [1.29, 1.82) is 0 Å². The molecule has 1 saturated heterocycles. The third-order valence-electron chi connectivity index (χ3n) is 5.20. The Bertz CT molecular complexity index is 883. The van der Waals surface area contributed by atoms with Gasteiger partial charge in [-0.3, -0.25) is 9.69 Å². The number of carbonyl (C=O) groups is 1. The van der Waals surface area contributed by atoms with Crippen LogP contribution in [0.1, 0.15) is 29.7 Å². The number of carbonyl (C=O) groups excluding carboxylic acids is 1. The van der Waals surface area contributed by atoms with E-state index >= 15 is 0 Å². The van der Waals surface area contributed by atoms with E-state index in [2.05, 4.69) is 10.6 Å². The van der Waals surface area contributed by atoms with Gasteiger partial charge in [0.2, 0.25) is 5.91 Å². The molecule has 2 aromatic rings. The Kier molecular flexibility index (Phi) is 7.00. The molecule has 0 aromatic heterocycles. The lowest BCUT2D eigenvalue weighted by Crippen LogP contribution is -2.53. The Morgan fingerprint density at radius 1 is 1.10 bits per heavy atom. The molecule has 2 N–H and O–H groups in total. The van der Waals surface area contributed by atoms with Crippen LogP contribution >= 0.6 is 11.6 Å². The first kappa shape index (κ1) is 22.5. The lowest BCUT2D eigenvalue weighted by atomic mass is 9.96. The summed E-state index contributed by atoms with van der Waals surface area (Å²) in [4.78, 5) is 14.9. The summed E-state index contributed by atoms with van der Waals surface area (Å²) in [5.41, 5.74) is -0.551. The summed E-state index contributed by atoms with van der Waals surface area (Å²) in [6, 6.07) is 7.94. The van der Waals surface area contributed by atoms with Crippen LogP contribution in [0.2, 0.25) is 5.02 Å². The number of nitrogens with zero attached hydrogens (tertiary/aromatic N) is 1. The molecular weight excluding hydrogens is 422 g/mol. The van der Waals surface area contributed by atoms with Crippen molar-refractivity contribution in [3.8, 4) is 0 Å². The Labute approximate surface area is 177 Å². The number of rotatable bonds is 5. The average Bonchev–Trinajstić information content (AvgIpc) is 2.71. The van der Waals surface area contributed by atoms with Crippen molar-refractivity contribution in [2.45, 2.75) is 25.2 Å². The van der Waals surface area contributed by atoms with Crippen LogP contribution < -0.4 is 10.6 Å². The van der Waals surface area contributed by atoms with Gasteiger partial charge in [0.1, 0.15) is 5.82 Å². The smallest absolute Gasteiger partial charge is 0.344 e. The summed E-state index contributed by atoms with van der Waals surface area (Å²) in [6.07, 6.45) is -4.79. The summed E-state index contributed by atoms with van der Waals surface area (Å²) < 4.78 is 53.0. The van der Waals surface area contributed by atoms with Crippen LogP contribution in [0, 0.1) is 5.82 Å². The maximum absolute atomic E-state index is 14.2. The number of nitrogens with one attached hydrogen (secondary N) is 2. The molecule has 1 fully saturated rings. The first-order valence-electron chi connectivity index (χ1n) is 9.54. The summed E-state index contributed by atoms with van der Waals surface area (Å²) in [5.74, 6) is -1.68. The van der Waals surface area contributed by atoms with Gasteiger partial charge in [-0.05, 0) is 42.3 Å². The van der Waals surface area contributed by atoms with Gasteiger partial charge in [-0.1, -0.05) is 29.8 Å². The van der Waals surface area contributed by atoms with Crippen LogP contribution in [-0.4, -0.2) is 43.0 Å². The van der Waals surface area contributed by atoms with Crippen LogP contribution in [0.5, 0.6) is 0 Å². The van der Waals surface area contributed by atoms with Crippen molar-refractivity contribution < 1.29 is 22.4 Å². The van der Waals surface area contributed by atoms with Gasteiger partial charge in [-0.25, -0.2) is 4.39 Å². The van der Waals surface area contributed by atoms with Crippen molar-refractivity contribution in [2.24, 2.45) is 0 Å². The zero-order valence-electron chi connectivity index (χ0n) is 16.3. The molecule has 30 heavy (non-hydrogen) atoms. The van der Waals surface area contributed by atoms with E-state index in [1.54, 1.807) is 31.2 Å². The predicted molar refractivity (Wildman–Crippen MR) is 107 cm³/mol. The molecule has 1 heterocycles. The van der Waals surface area contributed by atoms with Crippen LogP contribution in [0.15, 0.2) is 42.5 Å². The standard InChI is InChI=1S/C21H22ClF4N3O/c1-13(29-10-8-27-9-11-29)20(30)28-19(14-2-5-16(22)6-3-14)15-4-7-17(18(23)12-15)21(24,25)26/h2-7,12-13,19,27H,8-11H2,1H3,(H,28,30). The second-order valence-electron chi connectivity index (χ2n) is 7.19. The zero-order chi connectivity index (χ0) is 21.9. The van der Waals surface area contributed by atoms with Gasteiger partial charge in [0.25, 0.3) is 0 Å². The molecule has 1 amide bonds. The maximum Gasteiger partial charge on any atom is 0.419 e. The quantitative estimate of drug-likeness (QED) is 0.687. The van der Waals surface area contributed by atoms with Crippen LogP contribution in [0.3, 0.4) is 0 Å². The van der Waals surface area contributed by atoms with Crippen LogP contribution in [-0.2, 0) is 11.0 Å². The Morgan fingerprint density at radius 3 is 2.27 bits per heavy atom. The molecule has 0 bridgehead atoms. The van der Waals surface area contributed by atoms with E-state index in [1.165, 1.54) is 6.07 Å². The molecule has 2 atom stereocenters. The number of benzene rings is 2. The van der Waals surface area contributed by atoms with Gasteiger partial charge in [0.05, 0.1) is 17.6 Å². The van der Waals surface area contributed by atoms with E-state index in [-0.39, 0.29) is 11.5 Å². The molecule has 0 saturated carbocycles. The highest BCUT2D eigenvalue weighted by molar-refractivity contribution is 6.30. The maximum atomic E-state index is 14.2. The molecule has 0 aliphatic carbocycles. The molecule has 3 rings (SSSR count). The van der Waals surface area contributed by atoms with E-state index in [0.717, 1.165) is 19.2 Å². The first-order valence-corrected chi connectivity index (χ1v) is 9.92. The molecule has 162 valence electrons. The molecule has 0 radical (unpaired) electrons. The van der Waals surface area contributed by atoms with Crippen molar-refractivity contribution >= 4 is 17.5 Å². The fourth-order valence-corrected chi connectivity index (χ4v) is 3.58. The molecule has 1 aliphatic rings. The summed E-state index contributed by atoms with van der Waals surface area (Å²) in [6.45, 7) is 4.71. The molecular formula is C21H22ClF4N3O. The van der Waals surface area contributed by atoms with E-state index in [4.69, 9.17) is 11.6 Å². The minimum Gasteiger partial charge on any atom is -0.344 e. The zero-order valence-corrected chi connectivity index (χ0v) is 17.0. The second kappa shape index (κ2) is 9.32. The van der Waals surface area contributed by atoms with Crippen molar-refractivity contribution in [1.82, 2.24) is 15.5 Å². The van der Waals surface area contributed by atoms with E-state index < -0.39 is 29.6 Å². The highest BCUT2D eigenvalue weighted by Crippen LogP contribution is 2.33. The minimum atomic E-state index is -4.79. The number of piperazine rings is 1. The van der Waals surface area contributed by atoms with E-state index in [0.29, 0.717) is 29.7 Å². The number of hydrogen-bond acceptors (Lipinski definition) is 3. The lowest BCUT2D eigenvalue weighted by Gasteiger charge is -2.33. The summed E-state index contributed by atoms with van der Waals surface area (Å²) in [5, 5.41) is 6.54. The van der Waals surface area contributed by atoms with Crippen LogP contribution in [0.4, 0.5) is 17.6 Å². The Hall–Kier alpha value is -2.16. The number of halogens is 5. The lowest BCUT2D eigenvalue weighted by molar-refractivity contribution is -0.140. The van der Waals surface area contributed by atoms with Gasteiger partial charge in [-0.15, -0.1) is 0 Å². The number of hydrogen-bond donors (Lipinski definition) is 2. The molecule has 0 spiro atoms. The third-order valence-corrected chi connectivity index (χ3v) is 5.45. The Morgan fingerprint density at radius 2 is 1.70 bits per heavy atom. The van der Waals surface area contributed by atoms with Crippen molar-refractivity contribution in [3.05, 3.63) is 70.0 Å². The van der Waals surface area contributed by atoms with Gasteiger partial charge in [0, 0.05) is 31.2 Å². The van der Waals surface area contributed by atoms with Gasteiger partial charge >= 0.3 is 6.18 Å². The average molecular weight is 444 g/mol. The highest BCUT2D eigenvalue weighted by atomic mass is 35.5. The van der Waals surface area contributed by atoms with Gasteiger partial charge in [0.15, 0.2) is 0 Å². The molecule has 2 aromatic carbocycles. The first-order chi connectivity index (χ1) is 14.2. The number of alkyl halides is 3. The van der Waals surface area contributed by atoms with Gasteiger partial charge < -0.3 is 10.6 Å². The fraction of sp³-hybridized carbons (Fsp3) is 0.381. The number of amides is 1. The minimum absolute atomic E-state index is 0.212. The van der Waals surface area contributed by atoms with E-state index in [1.807, 2.05) is 4.90 Å². The highest BCUT2D eigenvalue weighted by Gasteiger charge is 2.34.